The molecule has 0 radical (unpaired) electrons. The van der Waals surface area contributed by atoms with Gasteiger partial charge in [-0.3, -0.25) is 9.69 Å². The smallest absolute Gasteiger partial charge is 0.243 e. The molecule has 3 aromatic rings. The van der Waals surface area contributed by atoms with Gasteiger partial charge in [-0.05, 0) is 77.1 Å². The van der Waals surface area contributed by atoms with Gasteiger partial charge in [-0.1, -0.05) is 48.0 Å². The predicted octanol–water partition coefficient (Wildman–Crippen LogP) is 5.40. The van der Waals surface area contributed by atoms with E-state index in [1.807, 2.05) is 37.4 Å². The number of carbonyl (C=O) groups is 1. The Hall–Kier alpha value is -2.59. The van der Waals surface area contributed by atoms with Crippen molar-refractivity contribution in [3.8, 4) is 11.3 Å². The highest BCUT2D eigenvalue weighted by Gasteiger charge is 2.49. The summed E-state index contributed by atoms with van der Waals surface area (Å²) in [5.41, 5.74) is 2.61. The Morgan fingerprint density at radius 2 is 1.68 bits per heavy atom. The molecular formula is C29H36N4O3S2. The number of likely N-dealkylation sites (tertiary alicyclic amines) is 1. The summed E-state index contributed by atoms with van der Waals surface area (Å²) in [5.74, 6) is -0.0659. The average molecular weight is 553 g/mol. The maximum atomic E-state index is 13.6. The molecule has 202 valence electrons. The van der Waals surface area contributed by atoms with E-state index in [4.69, 9.17) is 0 Å². The Morgan fingerprint density at radius 3 is 2.37 bits per heavy atom. The summed E-state index contributed by atoms with van der Waals surface area (Å²) in [6, 6.07) is 16.9. The van der Waals surface area contributed by atoms with E-state index < -0.39 is 15.6 Å². The number of nitrogens with one attached hydrogen (secondary N) is 1. The molecular weight excluding hydrogens is 516 g/mol. The Labute approximate surface area is 229 Å². The van der Waals surface area contributed by atoms with E-state index in [1.54, 1.807) is 28.6 Å². The molecule has 1 N–H and O–H groups in total. The van der Waals surface area contributed by atoms with Crippen molar-refractivity contribution in [1.82, 2.24) is 14.2 Å². The molecule has 9 heteroatoms. The number of thiazole rings is 1. The van der Waals surface area contributed by atoms with Crippen LogP contribution in [0.2, 0.25) is 0 Å². The molecule has 2 aliphatic heterocycles. The second-order valence-electron chi connectivity index (χ2n) is 11.4. The van der Waals surface area contributed by atoms with E-state index in [0.29, 0.717) is 23.1 Å². The standard InChI is InChI=1S/C29H36N4O3S2/c1-22-9-11-23(12-10-22)25-20-37-27(30-25)31-26(34)19-32-17-15-29(16-18-32)14-13-28(2,3)33(21-29)38(35,36)24-7-5-4-6-8-24/h4-12,20H,13-19,21H2,1-3H3,(H,30,31,34). The molecule has 1 aromatic heterocycles. The fourth-order valence-corrected chi connectivity index (χ4v) is 8.24. The lowest BCUT2D eigenvalue weighted by Crippen LogP contribution is -2.59. The second-order valence-corrected chi connectivity index (χ2v) is 14.1. The van der Waals surface area contributed by atoms with Crippen LogP contribution in [0.15, 0.2) is 64.9 Å². The van der Waals surface area contributed by atoms with Crippen molar-refractivity contribution in [2.75, 3.05) is 31.5 Å². The minimum absolute atomic E-state index is 0.0530. The molecule has 7 nitrogen and oxygen atoms in total. The minimum Gasteiger partial charge on any atom is -0.301 e. The number of aromatic nitrogens is 1. The summed E-state index contributed by atoms with van der Waals surface area (Å²) in [7, 11) is -3.58. The number of aryl methyl sites for hydroxylation is 1. The third-order valence-corrected chi connectivity index (χ3v) is 11.0. The van der Waals surface area contributed by atoms with Gasteiger partial charge in [-0.25, -0.2) is 13.4 Å². The fraction of sp³-hybridized carbons (Fsp3) is 0.448. The highest BCUT2D eigenvalue weighted by molar-refractivity contribution is 7.89. The number of piperidine rings is 2. The van der Waals surface area contributed by atoms with Gasteiger partial charge in [0.1, 0.15) is 0 Å². The first-order valence-electron chi connectivity index (χ1n) is 13.2. The first kappa shape index (κ1) is 27.0. The maximum Gasteiger partial charge on any atom is 0.243 e. The summed E-state index contributed by atoms with van der Waals surface area (Å²) in [4.78, 5) is 19.9. The van der Waals surface area contributed by atoms with Crippen molar-refractivity contribution >= 4 is 32.4 Å². The van der Waals surface area contributed by atoms with Crippen molar-refractivity contribution < 1.29 is 13.2 Å². The Kier molecular flexibility index (Phi) is 7.48. The monoisotopic (exact) mass is 552 g/mol. The number of hydrogen-bond donors (Lipinski definition) is 1. The average Bonchev–Trinajstić information content (AvgIpc) is 3.36. The summed E-state index contributed by atoms with van der Waals surface area (Å²) < 4.78 is 28.9. The predicted molar refractivity (Wildman–Crippen MR) is 153 cm³/mol. The van der Waals surface area contributed by atoms with Gasteiger partial charge in [0.2, 0.25) is 15.9 Å². The minimum atomic E-state index is -3.58. The van der Waals surface area contributed by atoms with Crippen LogP contribution in [-0.4, -0.2) is 60.2 Å². The molecule has 38 heavy (non-hydrogen) atoms. The van der Waals surface area contributed by atoms with Crippen LogP contribution in [0.5, 0.6) is 0 Å². The van der Waals surface area contributed by atoms with E-state index >= 15 is 0 Å². The van der Waals surface area contributed by atoms with Crippen LogP contribution in [0.25, 0.3) is 11.3 Å². The Balaban J connectivity index is 1.18. The number of anilines is 1. The van der Waals surface area contributed by atoms with Crippen LogP contribution < -0.4 is 5.32 Å². The van der Waals surface area contributed by atoms with Gasteiger partial charge < -0.3 is 5.32 Å². The SMILES string of the molecule is Cc1ccc(-c2csc(NC(=O)CN3CCC4(CC3)CCC(C)(C)N(S(=O)(=O)c3ccccc3)C4)n2)cc1. The van der Waals surface area contributed by atoms with Crippen LogP contribution in [0.1, 0.15) is 45.1 Å². The van der Waals surface area contributed by atoms with Gasteiger partial charge in [-0.15, -0.1) is 11.3 Å². The zero-order valence-electron chi connectivity index (χ0n) is 22.3. The molecule has 2 aliphatic rings. The Morgan fingerprint density at radius 1 is 1.00 bits per heavy atom. The van der Waals surface area contributed by atoms with Crippen molar-refractivity contribution in [1.29, 1.82) is 0 Å². The van der Waals surface area contributed by atoms with Crippen molar-refractivity contribution in [3.05, 3.63) is 65.5 Å². The molecule has 2 saturated heterocycles. The molecule has 3 heterocycles. The number of carbonyl (C=O) groups excluding carboxylic acids is 1. The van der Waals surface area contributed by atoms with Gasteiger partial charge in [0, 0.05) is 23.0 Å². The van der Waals surface area contributed by atoms with Crippen LogP contribution in [0.3, 0.4) is 0 Å². The van der Waals surface area contributed by atoms with E-state index in [2.05, 4.69) is 34.3 Å². The molecule has 1 spiro atoms. The Bertz CT molecular complexity index is 1380. The lowest BCUT2D eigenvalue weighted by Gasteiger charge is -2.53. The van der Waals surface area contributed by atoms with Gasteiger partial charge in [0.05, 0.1) is 17.1 Å². The lowest BCUT2D eigenvalue weighted by molar-refractivity contribution is -0.118. The summed E-state index contributed by atoms with van der Waals surface area (Å²) in [6.45, 7) is 8.51. The van der Waals surface area contributed by atoms with Crippen molar-refractivity contribution in [2.45, 2.75) is 56.9 Å². The number of amides is 1. The van der Waals surface area contributed by atoms with Crippen molar-refractivity contribution in [3.63, 3.8) is 0 Å². The number of nitrogens with zero attached hydrogens (tertiary/aromatic N) is 3. The molecule has 0 saturated carbocycles. The van der Waals surface area contributed by atoms with E-state index in [-0.39, 0.29) is 11.3 Å². The highest BCUT2D eigenvalue weighted by atomic mass is 32.2. The normalized spacial score (nSPS) is 19.9. The van der Waals surface area contributed by atoms with Crippen molar-refractivity contribution in [2.24, 2.45) is 5.41 Å². The molecule has 2 aromatic carbocycles. The molecule has 0 bridgehead atoms. The third-order valence-electron chi connectivity index (χ3n) is 8.13. The molecule has 0 unspecified atom stereocenters. The van der Waals surface area contributed by atoms with E-state index in [1.165, 1.54) is 16.9 Å². The van der Waals surface area contributed by atoms with Gasteiger partial charge in [-0.2, -0.15) is 4.31 Å². The zero-order valence-corrected chi connectivity index (χ0v) is 23.9. The summed E-state index contributed by atoms with van der Waals surface area (Å²) in [5, 5.41) is 5.53. The van der Waals surface area contributed by atoms with Gasteiger partial charge in [0.25, 0.3) is 0 Å². The van der Waals surface area contributed by atoms with Crippen LogP contribution in [0, 0.1) is 12.3 Å². The number of benzene rings is 2. The van der Waals surface area contributed by atoms with Crippen LogP contribution in [-0.2, 0) is 14.8 Å². The fourth-order valence-electron chi connectivity index (χ4n) is 5.57. The molecule has 5 rings (SSSR count). The second kappa shape index (κ2) is 10.5. The van der Waals surface area contributed by atoms with Gasteiger partial charge in [0.15, 0.2) is 5.13 Å². The summed E-state index contributed by atoms with van der Waals surface area (Å²) >= 11 is 1.43. The zero-order chi connectivity index (χ0) is 27.0. The molecule has 1 amide bonds. The third kappa shape index (κ3) is 5.71. The molecule has 0 aliphatic carbocycles. The lowest BCUT2D eigenvalue weighted by atomic mass is 9.69. The van der Waals surface area contributed by atoms with E-state index in [0.717, 1.165) is 50.0 Å². The van der Waals surface area contributed by atoms with Gasteiger partial charge >= 0.3 is 0 Å². The quantitative estimate of drug-likeness (QED) is 0.443. The largest absolute Gasteiger partial charge is 0.301 e. The number of rotatable bonds is 6. The highest BCUT2D eigenvalue weighted by Crippen LogP contribution is 2.46. The molecule has 0 atom stereocenters. The first-order valence-corrected chi connectivity index (χ1v) is 15.5. The van der Waals surface area contributed by atoms with E-state index in [9.17, 15) is 13.2 Å². The van der Waals surface area contributed by atoms with Crippen LogP contribution >= 0.6 is 11.3 Å². The summed E-state index contributed by atoms with van der Waals surface area (Å²) in [6.07, 6.45) is 3.59. The molecule has 2 fully saturated rings. The number of sulfonamides is 1. The maximum absolute atomic E-state index is 13.6. The topological polar surface area (TPSA) is 82.6 Å². The first-order chi connectivity index (χ1) is 18.1. The van der Waals surface area contributed by atoms with Crippen LogP contribution in [0.4, 0.5) is 5.13 Å². The number of hydrogen-bond acceptors (Lipinski definition) is 6.